The molecule has 1 aromatic heterocycles. The summed E-state index contributed by atoms with van der Waals surface area (Å²) in [6, 6.07) is 6.89. The van der Waals surface area contributed by atoms with Crippen LogP contribution in [-0.4, -0.2) is 41.0 Å². The van der Waals surface area contributed by atoms with Gasteiger partial charge in [0.15, 0.2) is 0 Å². The van der Waals surface area contributed by atoms with E-state index in [1.807, 2.05) is 4.90 Å². The van der Waals surface area contributed by atoms with E-state index in [1.165, 1.54) is 6.33 Å². The van der Waals surface area contributed by atoms with Gasteiger partial charge in [-0.25, -0.2) is 9.97 Å². The predicted octanol–water partition coefficient (Wildman–Crippen LogP) is 3.12. The fraction of sp³-hybridized carbons (Fsp3) is 0.312. The highest BCUT2D eigenvalue weighted by atomic mass is 35.5. The molecule has 1 amide bonds. The quantitative estimate of drug-likeness (QED) is 0.931. The SMILES string of the molecule is COc1ccc(Cl)cc1Nc1cc(C(=O)N2CCCC2)ncn1. The molecule has 2 aromatic rings. The van der Waals surface area contributed by atoms with E-state index in [0.717, 1.165) is 25.9 Å². The van der Waals surface area contributed by atoms with E-state index >= 15 is 0 Å². The van der Waals surface area contributed by atoms with Gasteiger partial charge in [-0.3, -0.25) is 4.79 Å². The summed E-state index contributed by atoms with van der Waals surface area (Å²) in [6.07, 6.45) is 3.46. The van der Waals surface area contributed by atoms with Gasteiger partial charge in [0, 0.05) is 24.2 Å². The largest absolute Gasteiger partial charge is 0.495 e. The molecule has 0 spiro atoms. The molecule has 1 aliphatic rings. The lowest BCUT2D eigenvalue weighted by molar-refractivity contribution is 0.0787. The summed E-state index contributed by atoms with van der Waals surface area (Å²) >= 11 is 6.02. The van der Waals surface area contributed by atoms with E-state index in [2.05, 4.69) is 15.3 Å². The number of carbonyl (C=O) groups is 1. The van der Waals surface area contributed by atoms with Crippen molar-refractivity contribution in [1.29, 1.82) is 0 Å². The molecular weight excluding hydrogens is 316 g/mol. The molecule has 23 heavy (non-hydrogen) atoms. The first-order chi connectivity index (χ1) is 11.2. The third-order valence-corrected chi connectivity index (χ3v) is 3.94. The van der Waals surface area contributed by atoms with E-state index in [-0.39, 0.29) is 5.91 Å². The Hall–Kier alpha value is -2.34. The van der Waals surface area contributed by atoms with Crippen LogP contribution in [0.3, 0.4) is 0 Å². The van der Waals surface area contributed by atoms with E-state index in [1.54, 1.807) is 31.4 Å². The second-order valence-electron chi connectivity index (χ2n) is 5.26. The number of benzene rings is 1. The minimum Gasteiger partial charge on any atom is -0.495 e. The Morgan fingerprint density at radius 3 is 2.78 bits per heavy atom. The van der Waals surface area contributed by atoms with Crippen molar-refractivity contribution in [2.45, 2.75) is 12.8 Å². The van der Waals surface area contributed by atoms with Gasteiger partial charge in [-0.05, 0) is 31.0 Å². The molecule has 0 bridgehead atoms. The topological polar surface area (TPSA) is 67.3 Å². The average Bonchev–Trinajstić information content (AvgIpc) is 3.09. The Balaban J connectivity index is 1.83. The van der Waals surface area contributed by atoms with Crippen molar-refractivity contribution in [3.63, 3.8) is 0 Å². The van der Waals surface area contributed by atoms with Gasteiger partial charge in [0.25, 0.3) is 5.91 Å². The van der Waals surface area contributed by atoms with Crippen molar-refractivity contribution in [1.82, 2.24) is 14.9 Å². The fourth-order valence-corrected chi connectivity index (χ4v) is 2.71. The molecule has 6 nitrogen and oxygen atoms in total. The number of rotatable bonds is 4. The van der Waals surface area contributed by atoms with Gasteiger partial charge in [-0.15, -0.1) is 0 Å². The molecule has 0 saturated carbocycles. The highest BCUT2D eigenvalue weighted by Gasteiger charge is 2.21. The van der Waals surface area contributed by atoms with Gasteiger partial charge in [0.1, 0.15) is 23.6 Å². The van der Waals surface area contributed by atoms with Gasteiger partial charge < -0.3 is 15.0 Å². The summed E-state index contributed by atoms with van der Waals surface area (Å²) < 4.78 is 5.29. The van der Waals surface area contributed by atoms with E-state index in [0.29, 0.717) is 28.0 Å². The Bertz CT molecular complexity index is 717. The number of nitrogens with one attached hydrogen (secondary N) is 1. The lowest BCUT2D eigenvalue weighted by Crippen LogP contribution is -2.28. The summed E-state index contributed by atoms with van der Waals surface area (Å²) in [6.45, 7) is 1.57. The van der Waals surface area contributed by atoms with Gasteiger partial charge in [0.2, 0.25) is 0 Å². The van der Waals surface area contributed by atoms with Crippen LogP contribution >= 0.6 is 11.6 Å². The maximum atomic E-state index is 12.4. The maximum absolute atomic E-state index is 12.4. The summed E-state index contributed by atoms with van der Waals surface area (Å²) in [5.74, 6) is 1.09. The molecule has 3 rings (SSSR count). The van der Waals surface area contributed by atoms with E-state index in [9.17, 15) is 4.79 Å². The smallest absolute Gasteiger partial charge is 0.272 e. The lowest BCUT2D eigenvalue weighted by Gasteiger charge is -2.15. The summed E-state index contributed by atoms with van der Waals surface area (Å²) in [5, 5.41) is 3.70. The molecular formula is C16H17ClN4O2. The van der Waals surface area contributed by atoms with Crippen LogP contribution in [0.25, 0.3) is 0 Å². The number of nitrogens with zero attached hydrogens (tertiary/aromatic N) is 3. The minimum atomic E-state index is -0.0639. The molecule has 1 fully saturated rings. The van der Waals surface area contributed by atoms with Crippen LogP contribution in [0.5, 0.6) is 5.75 Å². The highest BCUT2D eigenvalue weighted by Crippen LogP contribution is 2.30. The van der Waals surface area contributed by atoms with Crippen LogP contribution in [-0.2, 0) is 0 Å². The van der Waals surface area contributed by atoms with Crippen LogP contribution in [0.2, 0.25) is 5.02 Å². The molecule has 1 aromatic carbocycles. The van der Waals surface area contributed by atoms with Crippen LogP contribution in [0.15, 0.2) is 30.6 Å². The normalized spacial score (nSPS) is 13.9. The summed E-state index contributed by atoms with van der Waals surface area (Å²) in [5.41, 5.74) is 1.06. The van der Waals surface area contributed by atoms with Crippen molar-refractivity contribution in [2.24, 2.45) is 0 Å². The zero-order chi connectivity index (χ0) is 16.2. The van der Waals surface area contributed by atoms with Crippen LogP contribution in [0, 0.1) is 0 Å². The second kappa shape index (κ2) is 6.83. The minimum absolute atomic E-state index is 0.0639. The first kappa shape index (κ1) is 15.6. The molecule has 0 radical (unpaired) electrons. The monoisotopic (exact) mass is 332 g/mol. The van der Waals surface area contributed by atoms with Gasteiger partial charge in [-0.2, -0.15) is 0 Å². The summed E-state index contributed by atoms with van der Waals surface area (Å²) in [7, 11) is 1.58. The highest BCUT2D eigenvalue weighted by molar-refractivity contribution is 6.31. The Kier molecular flexibility index (Phi) is 4.62. The number of likely N-dealkylation sites (tertiary alicyclic amines) is 1. The molecule has 1 N–H and O–H groups in total. The average molecular weight is 333 g/mol. The number of halogens is 1. The number of anilines is 2. The molecule has 1 aliphatic heterocycles. The van der Waals surface area contributed by atoms with Crippen LogP contribution in [0.1, 0.15) is 23.3 Å². The number of hydrogen-bond donors (Lipinski definition) is 1. The van der Waals surface area contributed by atoms with Crippen molar-refractivity contribution in [3.05, 3.63) is 41.3 Å². The van der Waals surface area contributed by atoms with Crippen molar-refractivity contribution in [2.75, 3.05) is 25.5 Å². The Labute approximate surface area is 139 Å². The molecule has 2 heterocycles. The number of methoxy groups -OCH3 is 1. The van der Waals surface area contributed by atoms with E-state index in [4.69, 9.17) is 16.3 Å². The third kappa shape index (κ3) is 3.53. The number of hydrogen-bond acceptors (Lipinski definition) is 5. The zero-order valence-electron chi connectivity index (χ0n) is 12.8. The maximum Gasteiger partial charge on any atom is 0.272 e. The number of amides is 1. The van der Waals surface area contributed by atoms with Gasteiger partial charge in [-0.1, -0.05) is 11.6 Å². The molecule has 120 valence electrons. The second-order valence-corrected chi connectivity index (χ2v) is 5.69. The Morgan fingerprint density at radius 1 is 1.26 bits per heavy atom. The first-order valence-corrected chi connectivity index (χ1v) is 7.77. The van der Waals surface area contributed by atoms with Crippen molar-refractivity contribution >= 4 is 29.0 Å². The summed E-state index contributed by atoms with van der Waals surface area (Å²) in [4.78, 5) is 22.4. The number of carbonyl (C=O) groups excluding carboxylic acids is 1. The molecule has 7 heteroatoms. The molecule has 0 atom stereocenters. The molecule has 0 aliphatic carbocycles. The third-order valence-electron chi connectivity index (χ3n) is 3.70. The van der Waals surface area contributed by atoms with Crippen LogP contribution in [0.4, 0.5) is 11.5 Å². The number of ether oxygens (including phenoxy) is 1. The predicted molar refractivity (Wildman–Crippen MR) is 88.5 cm³/mol. The van der Waals surface area contributed by atoms with E-state index < -0.39 is 0 Å². The van der Waals surface area contributed by atoms with Crippen molar-refractivity contribution in [3.8, 4) is 5.75 Å². The van der Waals surface area contributed by atoms with Gasteiger partial charge >= 0.3 is 0 Å². The van der Waals surface area contributed by atoms with Crippen LogP contribution < -0.4 is 10.1 Å². The Morgan fingerprint density at radius 2 is 2.04 bits per heavy atom. The number of aromatic nitrogens is 2. The molecule has 1 saturated heterocycles. The van der Waals surface area contributed by atoms with Crippen molar-refractivity contribution < 1.29 is 9.53 Å². The fourth-order valence-electron chi connectivity index (χ4n) is 2.54. The molecule has 0 unspecified atom stereocenters. The first-order valence-electron chi connectivity index (χ1n) is 7.39. The standard InChI is InChI=1S/C16H17ClN4O2/c1-23-14-5-4-11(17)8-12(14)20-15-9-13(18-10-19-15)16(22)21-6-2-3-7-21/h4-5,8-10H,2-3,6-7H2,1H3,(H,18,19,20). The lowest BCUT2D eigenvalue weighted by atomic mass is 10.2. The zero-order valence-corrected chi connectivity index (χ0v) is 13.5. The van der Waals surface area contributed by atoms with Gasteiger partial charge in [0.05, 0.1) is 12.8 Å².